The Kier molecular flexibility index (Phi) is 28.4. The van der Waals surface area contributed by atoms with Gasteiger partial charge in [0.25, 0.3) is 0 Å². The topological polar surface area (TPSA) is 87.1 Å². The van der Waals surface area contributed by atoms with Gasteiger partial charge in [-0.1, -0.05) is 116 Å². The average Bonchev–Trinajstić information content (AvgIpc) is 3.37. The number of hydrogen-bond acceptors (Lipinski definition) is 4. The van der Waals surface area contributed by atoms with Crippen LogP contribution in [0.5, 0.6) is 0 Å². The van der Waals surface area contributed by atoms with Crippen molar-refractivity contribution in [3.05, 3.63) is 35.9 Å². The van der Waals surface area contributed by atoms with Gasteiger partial charge in [-0.25, -0.2) is 9.68 Å². The minimum absolute atomic E-state index is 0. The quantitative estimate of drug-likeness (QED) is 0.0970. The summed E-state index contributed by atoms with van der Waals surface area (Å²) in [4.78, 5) is 28.6. The van der Waals surface area contributed by atoms with Crippen molar-refractivity contribution in [1.82, 2.24) is 4.90 Å². The molecule has 0 aliphatic carbocycles. The van der Waals surface area contributed by atoms with Crippen molar-refractivity contribution in [3.63, 3.8) is 0 Å². The number of likely N-dealkylation sites (tertiary alicyclic amines) is 1. The van der Waals surface area contributed by atoms with Gasteiger partial charge in [0, 0.05) is 33.1 Å². The van der Waals surface area contributed by atoms with Crippen molar-refractivity contribution in [2.45, 2.75) is 130 Å². The fourth-order valence-electron chi connectivity index (χ4n) is 4.44. The van der Waals surface area contributed by atoms with E-state index in [0.29, 0.717) is 12.0 Å². The summed E-state index contributed by atoms with van der Waals surface area (Å²) in [6, 6.07) is 8.38. The van der Waals surface area contributed by atoms with E-state index in [1.807, 2.05) is 18.7 Å². The summed E-state index contributed by atoms with van der Waals surface area (Å²) >= 11 is 0. The zero-order valence-corrected chi connectivity index (χ0v) is 26.0. The standard InChI is InChI=1S/C21H41NO3.C7H6O2.C2H6.Ir/c1-2-3-4-5-6-7-8-9-10-11-12-13-14-17-21(23)22-18-15-16-20(22)19-25-24;8-7(9)6-4-2-1-3-5-6;1-2;/h20,24H,2-19H2,1H3;1-5H,(H,8,9);1-2H3;. The molecule has 1 atom stereocenters. The molecule has 1 unspecified atom stereocenters. The summed E-state index contributed by atoms with van der Waals surface area (Å²) in [6.45, 7) is 7.35. The number of carboxylic acid groups (broad SMARTS) is 1. The molecule has 1 aliphatic heterocycles. The fourth-order valence-corrected chi connectivity index (χ4v) is 4.44. The van der Waals surface area contributed by atoms with E-state index >= 15 is 0 Å². The first-order valence-electron chi connectivity index (χ1n) is 14.4. The predicted octanol–water partition coefficient (Wildman–Crippen LogP) is 8.36. The maximum atomic E-state index is 12.2. The smallest absolute Gasteiger partial charge is 0.335 e. The van der Waals surface area contributed by atoms with Crippen LogP contribution in [0.15, 0.2) is 30.3 Å². The summed E-state index contributed by atoms with van der Waals surface area (Å²) in [5.74, 6) is -0.641. The summed E-state index contributed by atoms with van der Waals surface area (Å²) in [5.41, 5.74) is 0.331. The number of amides is 1. The summed E-state index contributed by atoms with van der Waals surface area (Å²) in [6.07, 6.45) is 19.9. The molecule has 0 saturated carbocycles. The fraction of sp³-hybridized carbons (Fsp3) is 0.733. The van der Waals surface area contributed by atoms with Crippen molar-refractivity contribution >= 4 is 11.9 Å². The van der Waals surface area contributed by atoms with E-state index in [1.54, 1.807) is 30.3 Å². The first kappa shape index (κ1) is 37.9. The summed E-state index contributed by atoms with van der Waals surface area (Å²) in [5, 5.41) is 17.0. The van der Waals surface area contributed by atoms with E-state index in [1.165, 1.54) is 70.6 Å². The monoisotopic (exact) mass is 700 g/mol. The number of rotatable bonds is 17. The van der Waals surface area contributed by atoms with E-state index in [4.69, 9.17) is 10.4 Å². The molecule has 7 heteroatoms. The Morgan fingerprint density at radius 1 is 0.865 bits per heavy atom. The van der Waals surface area contributed by atoms with Gasteiger partial charge in [0.2, 0.25) is 5.91 Å². The Hall–Kier alpha value is -1.27. The Bertz CT molecular complexity index is 644. The van der Waals surface area contributed by atoms with Crippen LogP contribution in [0.4, 0.5) is 0 Å². The molecule has 1 amide bonds. The van der Waals surface area contributed by atoms with Gasteiger partial charge in [-0.3, -0.25) is 10.1 Å². The molecule has 1 heterocycles. The van der Waals surface area contributed by atoms with Crippen LogP contribution in [-0.4, -0.2) is 46.3 Å². The van der Waals surface area contributed by atoms with Crippen molar-refractivity contribution in [2.24, 2.45) is 0 Å². The number of unbranched alkanes of at least 4 members (excludes halogenated alkanes) is 12. The Balaban J connectivity index is 0. The van der Waals surface area contributed by atoms with Gasteiger partial charge in [-0.2, -0.15) is 0 Å². The molecule has 0 spiro atoms. The molecule has 1 radical (unpaired) electrons. The molecule has 0 bridgehead atoms. The number of nitrogens with zero attached hydrogens (tertiary/aromatic N) is 1. The van der Waals surface area contributed by atoms with E-state index in [-0.39, 0.29) is 38.7 Å². The van der Waals surface area contributed by atoms with Gasteiger partial charge in [-0.05, 0) is 31.4 Å². The number of carbonyl (C=O) groups is 2. The van der Waals surface area contributed by atoms with Crippen LogP contribution in [0.3, 0.4) is 0 Å². The van der Waals surface area contributed by atoms with Crippen molar-refractivity contribution in [2.75, 3.05) is 13.2 Å². The largest absolute Gasteiger partial charge is 0.478 e. The van der Waals surface area contributed by atoms with Crippen molar-refractivity contribution in [3.8, 4) is 0 Å². The minimum Gasteiger partial charge on any atom is -0.478 e. The van der Waals surface area contributed by atoms with Gasteiger partial charge in [0.1, 0.15) is 6.61 Å². The number of aromatic carboxylic acids is 1. The van der Waals surface area contributed by atoms with Gasteiger partial charge in [-0.15, -0.1) is 0 Å². The second-order valence-electron chi connectivity index (χ2n) is 9.34. The molecule has 6 nitrogen and oxygen atoms in total. The third kappa shape index (κ3) is 20.4. The summed E-state index contributed by atoms with van der Waals surface area (Å²) < 4.78 is 0. The third-order valence-corrected chi connectivity index (χ3v) is 6.48. The van der Waals surface area contributed by atoms with E-state index in [9.17, 15) is 9.59 Å². The molecule has 217 valence electrons. The molecular formula is C30H53IrNO5. The molecule has 2 N–H and O–H groups in total. The van der Waals surface area contributed by atoms with Crippen LogP contribution < -0.4 is 0 Å². The van der Waals surface area contributed by atoms with Crippen LogP contribution in [0.2, 0.25) is 0 Å². The Labute approximate surface area is 239 Å². The predicted molar refractivity (Wildman–Crippen MR) is 148 cm³/mol. The Morgan fingerprint density at radius 3 is 1.78 bits per heavy atom. The molecule has 1 saturated heterocycles. The van der Waals surface area contributed by atoms with Crippen molar-refractivity contribution < 1.29 is 44.9 Å². The first-order chi connectivity index (χ1) is 17.6. The number of carboxylic acids is 1. The number of hydrogen-bond donors (Lipinski definition) is 2. The molecule has 37 heavy (non-hydrogen) atoms. The van der Waals surface area contributed by atoms with Gasteiger partial charge >= 0.3 is 5.97 Å². The first-order valence-corrected chi connectivity index (χ1v) is 14.4. The number of benzene rings is 1. The molecule has 1 aliphatic rings. The van der Waals surface area contributed by atoms with E-state index in [0.717, 1.165) is 32.2 Å². The minimum atomic E-state index is -0.879. The maximum absolute atomic E-state index is 12.2. The molecule has 1 aromatic carbocycles. The van der Waals surface area contributed by atoms with Crippen LogP contribution in [0.25, 0.3) is 0 Å². The van der Waals surface area contributed by atoms with E-state index in [2.05, 4.69) is 11.8 Å². The molecule has 0 aromatic heterocycles. The molecule has 1 fully saturated rings. The SMILES string of the molecule is CC.CCCCCCCCCCCCCCCC(=O)N1CCCC1COO.O=C(O)c1ccccc1.[Ir]. The Morgan fingerprint density at radius 2 is 1.35 bits per heavy atom. The average molecular weight is 700 g/mol. The summed E-state index contributed by atoms with van der Waals surface area (Å²) in [7, 11) is 0. The second-order valence-corrected chi connectivity index (χ2v) is 9.34. The zero-order valence-electron chi connectivity index (χ0n) is 23.6. The van der Waals surface area contributed by atoms with Gasteiger partial charge < -0.3 is 10.0 Å². The van der Waals surface area contributed by atoms with Crippen LogP contribution in [-0.2, 0) is 29.8 Å². The maximum Gasteiger partial charge on any atom is 0.335 e. The van der Waals surface area contributed by atoms with Gasteiger partial charge in [0.05, 0.1) is 11.6 Å². The normalized spacial score (nSPS) is 14.1. The van der Waals surface area contributed by atoms with Crippen molar-refractivity contribution in [1.29, 1.82) is 0 Å². The van der Waals surface area contributed by atoms with Gasteiger partial charge in [0.15, 0.2) is 0 Å². The molecule has 1 aromatic rings. The molecular weight excluding hydrogens is 647 g/mol. The zero-order chi connectivity index (χ0) is 26.9. The molecule has 2 rings (SSSR count). The van der Waals surface area contributed by atoms with Crippen LogP contribution in [0, 0.1) is 0 Å². The second kappa shape index (κ2) is 27.8. The van der Waals surface area contributed by atoms with E-state index < -0.39 is 5.97 Å². The van der Waals surface area contributed by atoms with Crippen LogP contribution in [0.1, 0.15) is 134 Å². The number of carbonyl (C=O) groups excluding carboxylic acids is 1. The third-order valence-electron chi connectivity index (χ3n) is 6.48. The van der Waals surface area contributed by atoms with Crippen LogP contribution >= 0.6 is 0 Å².